The predicted molar refractivity (Wildman–Crippen MR) is 109 cm³/mol. The maximum atomic E-state index is 12.6. The van der Waals surface area contributed by atoms with Crippen molar-refractivity contribution >= 4 is 28.3 Å². The van der Waals surface area contributed by atoms with Crippen LogP contribution >= 0.6 is 12.4 Å². The molecule has 4 N–H and O–H groups in total. The summed E-state index contributed by atoms with van der Waals surface area (Å²) in [6.45, 7) is 5.64. The van der Waals surface area contributed by atoms with E-state index in [9.17, 15) is 13.2 Å². The van der Waals surface area contributed by atoms with Crippen LogP contribution in [0, 0.1) is 0 Å². The predicted octanol–water partition coefficient (Wildman–Crippen LogP) is 2.62. The number of hydrogen-bond donors (Lipinski definition) is 3. The van der Waals surface area contributed by atoms with E-state index in [1.54, 1.807) is 32.9 Å². The van der Waals surface area contributed by atoms with Gasteiger partial charge in [0, 0.05) is 23.7 Å². The van der Waals surface area contributed by atoms with Gasteiger partial charge in [-0.3, -0.25) is 4.79 Å². The van der Waals surface area contributed by atoms with Gasteiger partial charge in [-0.05, 0) is 44.5 Å². The van der Waals surface area contributed by atoms with E-state index in [0.29, 0.717) is 0 Å². The molecule has 0 aliphatic rings. The van der Waals surface area contributed by atoms with E-state index in [2.05, 4.69) is 10.0 Å². The number of halogens is 1. The monoisotopic (exact) mass is 411 g/mol. The summed E-state index contributed by atoms with van der Waals surface area (Å²) in [5.41, 5.74) is 6.43. The Balaban J connectivity index is 0.00000364. The van der Waals surface area contributed by atoms with Crippen LogP contribution in [0.5, 0.6) is 0 Å². The van der Waals surface area contributed by atoms with E-state index in [4.69, 9.17) is 5.73 Å². The molecule has 0 aromatic heterocycles. The zero-order valence-electron chi connectivity index (χ0n) is 15.6. The second kappa shape index (κ2) is 9.32. The standard InChI is InChI=1S/C19H25N3O3S.ClH/c1-14(15-8-5-4-6-9-15)22-26(24,25)17-11-7-10-16(12-17)18(23)21-13-19(2,3)20;/h4-12,14,22H,13,20H2,1-3H3,(H,21,23);1H. The fraction of sp³-hybridized carbons (Fsp3) is 0.316. The van der Waals surface area contributed by atoms with Crippen LogP contribution in [0.15, 0.2) is 59.5 Å². The Morgan fingerprint density at radius 2 is 1.74 bits per heavy atom. The van der Waals surface area contributed by atoms with Gasteiger partial charge in [0.25, 0.3) is 5.91 Å². The molecular weight excluding hydrogens is 386 g/mol. The van der Waals surface area contributed by atoms with Crippen molar-refractivity contribution in [2.24, 2.45) is 5.73 Å². The maximum Gasteiger partial charge on any atom is 0.251 e. The number of hydrogen-bond acceptors (Lipinski definition) is 4. The Bertz CT molecular complexity index is 865. The summed E-state index contributed by atoms with van der Waals surface area (Å²) in [6, 6.07) is 14.8. The van der Waals surface area contributed by atoms with Crippen LogP contribution in [0.1, 0.15) is 42.7 Å². The highest BCUT2D eigenvalue weighted by molar-refractivity contribution is 7.89. The first-order chi connectivity index (χ1) is 12.1. The number of nitrogens with two attached hydrogens (primary N) is 1. The Morgan fingerprint density at radius 3 is 2.33 bits per heavy atom. The van der Waals surface area contributed by atoms with Gasteiger partial charge in [0.2, 0.25) is 10.0 Å². The highest BCUT2D eigenvalue weighted by atomic mass is 35.5. The summed E-state index contributed by atoms with van der Waals surface area (Å²) < 4.78 is 27.9. The number of carbonyl (C=O) groups is 1. The number of carbonyl (C=O) groups excluding carboxylic acids is 1. The third-order valence-electron chi connectivity index (χ3n) is 3.74. The molecule has 0 fully saturated rings. The van der Waals surface area contributed by atoms with Crippen LogP contribution in [0.2, 0.25) is 0 Å². The van der Waals surface area contributed by atoms with Gasteiger partial charge < -0.3 is 11.1 Å². The number of nitrogens with one attached hydrogen (secondary N) is 2. The van der Waals surface area contributed by atoms with Gasteiger partial charge in [0.15, 0.2) is 0 Å². The molecule has 27 heavy (non-hydrogen) atoms. The topological polar surface area (TPSA) is 101 Å². The zero-order valence-corrected chi connectivity index (χ0v) is 17.2. The Hall–Kier alpha value is -1.93. The summed E-state index contributed by atoms with van der Waals surface area (Å²) in [5.74, 6) is -0.364. The second-order valence-electron chi connectivity index (χ2n) is 6.95. The normalized spacial score (nSPS) is 12.7. The maximum absolute atomic E-state index is 12.6. The first-order valence-electron chi connectivity index (χ1n) is 8.33. The number of sulfonamides is 1. The van der Waals surface area contributed by atoms with Crippen molar-refractivity contribution in [3.8, 4) is 0 Å². The summed E-state index contributed by atoms with van der Waals surface area (Å²) in [6.07, 6.45) is 0. The summed E-state index contributed by atoms with van der Waals surface area (Å²) in [4.78, 5) is 12.3. The minimum Gasteiger partial charge on any atom is -0.350 e. The van der Waals surface area contributed by atoms with Gasteiger partial charge in [-0.1, -0.05) is 36.4 Å². The number of benzene rings is 2. The molecule has 6 nitrogen and oxygen atoms in total. The zero-order chi connectivity index (χ0) is 19.4. The average Bonchev–Trinajstić information content (AvgIpc) is 2.59. The first kappa shape index (κ1) is 23.1. The summed E-state index contributed by atoms with van der Waals surface area (Å²) >= 11 is 0. The largest absolute Gasteiger partial charge is 0.350 e. The Kier molecular flexibility index (Phi) is 7.98. The van der Waals surface area contributed by atoms with Crippen molar-refractivity contribution in [2.75, 3.05) is 6.54 Å². The van der Waals surface area contributed by atoms with E-state index in [-0.39, 0.29) is 35.3 Å². The van der Waals surface area contributed by atoms with Gasteiger partial charge in [-0.25, -0.2) is 13.1 Å². The lowest BCUT2D eigenvalue weighted by Crippen LogP contribution is -2.45. The molecule has 0 radical (unpaired) electrons. The highest BCUT2D eigenvalue weighted by Crippen LogP contribution is 2.17. The molecule has 1 amide bonds. The van der Waals surface area contributed by atoms with Gasteiger partial charge in [0.05, 0.1) is 4.90 Å². The molecule has 2 rings (SSSR count). The van der Waals surface area contributed by atoms with Gasteiger partial charge in [-0.2, -0.15) is 0 Å². The van der Waals surface area contributed by atoms with E-state index in [1.807, 2.05) is 30.3 Å². The molecule has 0 aliphatic carbocycles. The molecule has 0 bridgehead atoms. The molecule has 148 valence electrons. The van der Waals surface area contributed by atoms with Gasteiger partial charge in [-0.15, -0.1) is 12.4 Å². The van der Waals surface area contributed by atoms with Gasteiger partial charge >= 0.3 is 0 Å². The van der Waals surface area contributed by atoms with Crippen LogP contribution in [-0.4, -0.2) is 26.4 Å². The second-order valence-corrected chi connectivity index (χ2v) is 8.67. The summed E-state index contributed by atoms with van der Waals surface area (Å²) in [5, 5.41) is 2.71. The minimum absolute atomic E-state index is 0. The molecule has 0 aliphatic heterocycles. The van der Waals surface area contributed by atoms with E-state index >= 15 is 0 Å². The lowest BCUT2D eigenvalue weighted by molar-refractivity contribution is 0.0946. The van der Waals surface area contributed by atoms with Crippen molar-refractivity contribution in [1.29, 1.82) is 0 Å². The van der Waals surface area contributed by atoms with Crippen molar-refractivity contribution in [3.63, 3.8) is 0 Å². The number of amides is 1. The molecule has 2 aromatic rings. The van der Waals surface area contributed by atoms with E-state index < -0.39 is 21.6 Å². The van der Waals surface area contributed by atoms with Crippen LogP contribution in [-0.2, 0) is 10.0 Å². The molecule has 0 saturated heterocycles. The fourth-order valence-corrected chi connectivity index (χ4v) is 3.60. The van der Waals surface area contributed by atoms with Crippen molar-refractivity contribution in [2.45, 2.75) is 37.2 Å². The molecule has 1 unspecified atom stereocenters. The number of rotatable bonds is 7. The van der Waals surface area contributed by atoms with Crippen LogP contribution in [0.4, 0.5) is 0 Å². The lowest BCUT2D eigenvalue weighted by atomic mass is 10.1. The fourth-order valence-electron chi connectivity index (χ4n) is 2.33. The van der Waals surface area contributed by atoms with Crippen molar-refractivity contribution in [1.82, 2.24) is 10.0 Å². The van der Waals surface area contributed by atoms with E-state index in [0.717, 1.165) is 5.56 Å². The average molecular weight is 412 g/mol. The minimum atomic E-state index is -3.76. The Morgan fingerprint density at radius 1 is 1.11 bits per heavy atom. The SMILES string of the molecule is CC(NS(=O)(=O)c1cccc(C(=O)NCC(C)(C)N)c1)c1ccccc1.Cl. The van der Waals surface area contributed by atoms with Crippen LogP contribution in [0.25, 0.3) is 0 Å². The highest BCUT2D eigenvalue weighted by Gasteiger charge is 2.20. The quantitative estimate of drug-likeness (QED) is 0.651. The van der Waals surface area contributed by atoms with Crippen molar-refractivity contribution in [3.05, 3.63) is 65.7 Å². The molecule has 0 saturated carbocycles. The van der Waals surface area contributed by atoms with Crippen LogP contribution < -0.4 is 15.8 Å². The summed E-state index contributed by atoms with van der Waals surface area (Å²) in [7, 11) is -3.76. The van der Waals surface area contributed by atoms with Crippen LogP contribution in [0.3, 0.4) is 0 Å². The molecule has 0 spiro atoms. The molecule has 0 heterocycles. The third kappa shape index (κ3) is 6.95. The molecule has 8 heteroatoms. The first-order valence-corrected chi connectivity index (χ1v) is 9.81. The Labute approximate surface area is 167 Å². The van der Waals surface area contributed by atoms with E-state index in [1.165, 1.54) is 12.1 Å². The molecular formula is C19H26ClN3O3S. The molecule has 1 atom stereocenters. The third-order valence-corrected chi connectivity index (χ3v) is 5.28. The lowest BCUT2D eigenvalue weighted by Gasteiger charge is -2.19. The smallest absolute Gasteiger partial charge is 0.251 e. The van der Waals surface area contributed by atoms with Crippen molar-refractivity contribution < 1.29 is 13.2 Å². The molecule has 2 aromatic carbocycles. The van der Waals surface area contributed by atoms with Gasteiger partial charge in [0.1, 0.15) is 0 Å².